The van der Waals surface area contributed by atoms with E-state index in [1.807, 2.05) is 24.3 Å². The fraction of sp³-hybridized carbons (Fsp3) is 0.0870. The minimum absolute atomic E-state index is 0.0967. The Morgan fingerprint density at radius 3 is 2.83 bits per heavy atom. The first-order chi connectivity index (χ1) is 14.6. The van der Waals surface area contributed by atoms with Gasteiger partial charge in [-0.25, -0.2) is 9.37 Å². The molecule has 0 saturated carbocycles. The number of para-hydroxylation sites is 1. The van der Waals surface area contributed by atoms with Gasteiger partial charge in [-0.1, -0.05) is 18.2 Å². The van der Waals surface area contributed by atoms with Crippen molar-refractivity contribution in [3.63, 3.8) is 0 Å². The number of hydrogen-bond donors (Lipinski definition) is 0. The number of carbonyl (C=O) groups excluding carboxylic acids is 1. The maximum absolute atomic E-state index is 14.3. The lowest BCUT2D eigenvalue weighted by atomic mass is 10.2. The summed E-state index contributed by atoms with van der Waals surface area (Å²) in [7, 11) is 1.71. The number of thiazole rings is 1. The lowest BCUT2D eigenvalue weighted by Gasteiger charge is -2.12. The molecule has 4 aromatic rings. The third-order valence-corrected chi connectivity index (χ3v) is 5.34. The lowest BCUT2D eigenvalue weighted by Crippen LogP contribution is -2.23. The molecule has 30 heavy (non-hydrogen) atoms. The number of rotatable bonds is 6. The maximum atomic E-state index is 14.3. The van der Waals surface area contributed by atoms with Gasteiger partial charge in [0, 0.05) is 19.3 Å². The fourth-order valence-corrected chi connectivity index (χ4v) is 3.82. The molecular weight excluding hydrogens is 401 g/mol. The van der Waals surface area contributed by atoms with E-state index < -0.39 is 5.82 Å². The molecule has 0 radical (unpaired) electrons. The molecule has 0 saturated heterocycles. The van der Waals surface area contributed by atoms with Crippen LogP contribution in [0.5, 0.6) is 11.5 Å². The van der Waals surface area contributed by atoms with E-state index in [4.69, 9.17) is 4.74 Å². The van der Waals surface area contributed by atoms with Crippen molar-refractivity contribution in [3.8, 4) is 11.5 Å². The molecule has 2 aromatic heterocycles. The molecule has 1 amide bonds. The first kappa shape index (κ1) is 19.7. The second kappa shape index (κ2) is 8.84. The van der Waals surface area contributed by atoms with E-state index in [0.29, 0.717) is 17.9 Å². The van der Waals surface area contributed by atoms with Crippen LogP contribution in [0.3, 0.4) is 0 Å². The van der Waals surface area contributed by atoms with Crippen LogP contribution in [0, 0.1) is 5.82 Å². The predicted octanol–water partition coefficient (Wildman–Crippen LogP) is 5.29. The van der Waals surface area contributed by atoms with Gasteiger partial charge >= 0.3 is 0 Å². The third-order valence-electron chi connectivity index (χ3n) is 4.32. The molecule has 0 fully saturated rings. The Hall–Kier alpha value is -3.58. The van der Waals surface area contributed by atoms with Gasteiger partial charge in [0.15, 0.2) is 11.6 Å². The minimum atomic E-state index is -0.517. The van der Waals surface area contributed by atoms with Crippen molar-refractivity contribution in [3.05, 3.63) is 89.5 Å². The molecule has 0 N–H and O–H groups in total. The Balaban J connectivity index is 1.39. The number of halogens is 1. The van der Waals surface area contributed by atoms with Gasteiger partial charge in [-0.2, -0.15) is 0 Å². The molecule has 2 heterocycles. The largest absolute Gasteiger partial charge is 0.453 e. The Morgan fingerprint density at radius 2 is 2.07 bits per heavy atom. The second-order valence-electron chi connectivity index (χ2n) is 6.58. The zero-order chi connectivity index (χ0) is 20.9. The number of pyridine rings is 1. The summed E-state index contributed by atoms with van der Waals surface area (Å²) in [5, 5.41) is 0.864. The first-order valence-corrected chi connectivity index (χ1v) is 10.1. The zero-order valence-electron chi connectivity index (χ0n) is 16.2. The lowest BCUT2D eigenvalue weighted by molar-refractivity contribution is -0.125. The quantitative estimate of drug-likeness (QED) is 0.398. The highest BCUT2D eigenvalue weighted by molar-refractivity contribution is 7.18. The normalized spacial score (nSPS) is 11.1. The van der Waals surface area contributed by atoms with Crippen molar-refractivity contribution in [1.29, 1.82) is 0 Å². The molecule has 0 bridgehead atoms. The molecular formula is C23H18FN3O2S. The Morgan fingerprint density at radius 1 is 1.20 bits per heavy atom. The average Bonchev–Trinajstić information content (AvgIpc) is 3.16. The molecule has 7 heteroatoms. The molecule has 0 aliphatic rings. The van der Waals surface area contributed by atoms with Crippen LogP contribution in [0.25, 0.3) is 16.3 Å². The van der Waals surface area contributed by atoms with Crippen molar-refractivity contribution in [2.75, 3.05) is 7.05 Å². The molecule has 150 valence electrons. The van der Waals surface area contributed by atoms with Crippen molar-refractivity contribution < 1.29 is 13.9 Å². The Kier molecular flexibility index (Phi) is 5.81. The Bertz CT molecular complexity index is 1170. The summed E-state index contributed by atoms with van der Waals surface area (Å²) >= 11 is 1.56. The van der Waals surface area contributed by atoms with Crippen LogP contribution in [-0.4, -0.2) is 27.8 Å². The third kappa shape index (κ3) is 4.69. The van der Waals surface area contributed by atoms with E-state index in [2.05, 4.69) is 9.97 Å². The van der Waals surface area contributed by atoms with Gasteiger partial charge < -0.3 is 9.64 Å². The van der Waals surface area contributed by atoms with Gasteiger partial charge in [-0.05, 0) is 48.0 Å². The van der Waals surface area contributed by atoms with Crippen molar-refractivity contribution in [2.45, 2.75) is 6.54 Å². The highest BCUT2D eigenvalue weighted by Crippen LogP contribution is 2.25. The summed E-state index contributed by atoms with van der Waals surface area (Å²) in [5.74, 6) is -0.160. The molecule has 0 aliphatic heterocycles. The van der Waals surface area contributed by atoms with Crippen molar-refractivity contribution in [2.24, 2.45) is 0 Å². The topological polar surface area (TPSA) is 55.3 Å². The van der Waals surface area contributed by atoms with Gasteiger partial charge in [0.25, 0.3) is 0 Å². The standard InChI is InChI=1S/C23H18FN3O2S/c1-27(15-22-26-19-6-2-3-7-21(19)30-22)23(28)11-9-16-8-10-20(18(24)13-16)29-17-5-4-12-25-14-17/h2-14H,15H2,1H3/b11-9+. The van der Waals surface area contributed by atoms with Gasteiger partial charge in [-0.3, -0.25) is 9.78 Å². The van der Waals surface area contributed by atoms with Gasteiger partial charge in [0.05, 0.1) is 23.0 Å². The van der Waals surface area contributed by atoms with E-state index >= 15 is 0 Å². The molecule has 4 rings (SSSR count). The summed E-state index contributed by atoms with van der Waals surface area (Å²) in [5.41, 5.74) is 1.49. The van der Waals surface area contributed by atoms with Crippen LogP contribution < -0.4 is 4.74 Å². The average molecular weight is 419 g/mol. The predicted molar refractivity (Wildman–Crippen MR) is 116 cm³/mol. The molecule has 0 spiro atoms. The van der Waals surface area contributed by atoms with Gasteiger partial charge in [-0.15, -0.1) is 11.3 Å². The van der Waals surface area contributed by atoms with Gasteiger partial charge in [0.2, 0.25) is 5.91 Å². The number of hydrogen-bond acceptors (Lipinski definition) is 5. The highest BCUT2D eigenvalue weighted by Gasteiger charge is 2.10. The molecule has 0 unspecified atom stereocenters. The summed E-state index contributed by atoms with van der Waals surface area (Å²) in [4.78, 5) is 22.5. The number of nitrogens with zero attached hydrogens (tertiary/aromatic N) is 3. The molecule has 2 aromatic carbocycles. The van der Waals surface area contributed by atoms with E-state index in [1.54, 1.807) is 53.8 Å². The number of benzene rings is 2. The van der Waals surface area contributed by atoms with E-state index in [0.717, 1.165) is 15.2 Å². The minimum Gasteiger partial charge on any atom is -0.453 e. The van der Waals surface area contributed by atoms with Crippen LogP contribution in [-0.2, 0) is 11.3 Å². The number of carbonyl (C=O) groups is 1. The van der Waals surface area contributed by atoms with Crippen LogP contribution in [0.2, 0.25) is 0 Å². The Labute approximate surface area is 177 Å². The summed E-state index contributed by atoms with van der Waals surface area (Å²) in [6.45, 7) is 0.411. The van der Waals surface area contributed by atoms with Crippen LogP contribution >= 0.6 is 11.3 Å². The fourth-order valence-electron chi connectivity index (χ4n) is 2.80. The first-order valence-electron chi connectivity index (χ1n) is 9.23. The smallest absolute Gasteiger partial charge is 0.246 e. The molecule has 0 aliphatic carbocycles. The maximum Gasteiger partial charge on any atom is 0.246 e. The summed E-state index contributed by atoms with van der Waals surface area (Å²) < 4.78 is 20.9. The number of amides is 1. The summed E-state index contributed by atoms with van der Waals surface area (Å²) in [6.07, 6.45) is 6.12. The monoisotopic (exact) mass is 419 g/mol. The SMILES string of the molecule is CN(Cc1nc2ccccc2s1)C(=O)/C=C/c1ccc(Oc2cccnc2)c(F)c1. The van der Waals surface area contributed by atoms with E-state index in [1.165, 1.54) is 24.4 Å². The number of likely N-dealkylation sites (N-methyl/N-ethyl adjacent to an activating group) is 1. The number of aromatic nitrogens is 2. The van der Waals surface area contributed by atoms with E-state index in [9.17, 15) is 9.18 Å². The number of fused-ring (bicyclic) bond motifs is 1. The van der Waals surface area contributed by atoms with Crippen LogP contribution in [0.4, 0.5) is 4.39 Å². The van der Waals surface area contributed by atoms with Crippen LogP contribution in [0.15, 0.2) is 73.1 Å². The highest BCUT2D eigenvalue weighted by atomic mass is 32.1. The van der Waals surface area contributed by atoms with Gasteiger partial charge in [0.1, 0.15) is 10.8 Å². The van der Waals surface area contributed by atoms with Crippen molar-refractivity contribution in [1.82, 2.24) is 14.9 Å². The second-order valence-corrected chi connectivity index (χ2v) is 7.70. The molecule has 0 atom stereocenters. The number of ether oxygens (including phenoxy) is 1. The van der Waals surface area contributed by atoms with Crippen molar-refractivity contribution >= 4 is 33.5 Å². The van der Waals surface area contributed by atoms with Crippen LogP contribution in [0.1, 0.15) is 10.6 Å². The zero-order valence-corrected chi connectivity index (χ0v) is 17.0. The van der Waals surface area contributed by atoms with E-state index in [-0.39, 0.29) is 11.7 Å². The summed E-state index contributed by atoms with van der Waals surface area (Å²) in [6, 6.07) is 15.8. The molecule has 5 nitrogen and oxygen atoms in total.